The molecule has 0 aliphatic carbocycles. The molecule has 0 radical (unpaired) electrons. The number of aryl methyl sites for hydroxylation is 3. The minimum atomic E-state index is 0.495. The standard InChI is InChI=1S/C18H23NO2/c1-12-5-6-17(20-4)16(7-12)11-21-18-13(2)8-15(10-19)9-14(18)3/h5-9H,10-11,19H2,1-4H3. The van der Waals surface area contributed by atoms with Gasteiger partial charge in [-0.15, -0.1) is 0 Å². The van der Waals surface area contributed by atoms with Crippen molar-refractivity contribution in [3.05, 3.63) is 58.1 Å². The summed E-state index contributed by atoms with van der Waals surface area (Å²) in [6, 6.07) is 10.3. The third-order valence-electron chi connectivity index (χ3n) is 3.56. The van der Waals surface area contributed by atoms with E-state index in [0.29, 0.717) is 13.2 Å². The molecule has 3 nitrogen and oxygen atoms in total. The smallest absolute Gasteiger partial charge is 0.125 e. The number of hydrogen-bond acceptors (Lipinski definition) is 3. The van der Waals surface area contributed by atoms with Gasteiger partial charge in [0.1, 0.15) is 18.1 Å². The van der Waals surface area contributed by atoms with Crippen molar-refractivity contribution in [2.24, 2.45) is 5.73 Å². The fourth-order valence-electron chi connectivity index (χ4n) is 2.56. The zero-order valence-corrected chi connectivity index (χ0v) is 13.2. The highest BCUT2D eigenvalue weighted by molar-refractivity contribution is 5.44. The second-order valence-electron chi connectivity index (χ2n) is 5.37. The van der Waals surface area contributed by atoms with Crippen molar-refractivity contribution in [1.29, 1.82) is 0 Å². The predicted molar refractivity (Wildman–Crippen MR) is 85.9 cm³/mol. The van der Waals surface area contributed by atoms with Gasteiger partial charge in [-0.25, -0.2) is 0 Å². The Bertz CT molecular complexity index is 612. The van der Waals surface area contributed by atoms with Crippen LogP contribution in [0.3, 0.4) is 0 Å². The summed E-state index contributed by atoms with van der Waals surface area (Å²) in [5.41, 5.74) is 11.3. The minimum Gasteiger partial charge on any atom is -0.496 e. The van der Waals surface area contributed by atoms with Crippen molar-refractivity contribution in [2.45, 2.75) is 33.9 Å². The molecule has 0 aromatic heterocycles. The largest absolute Gasteiger partial charge is 0.496 e. The Morgan fingerprint density at radius 1 is 1.00 bits per heavy atom. The first kappa shape index (κ1) is 15.4. The SMILES string of the molecule is COc1ccc(C)cc1COc1c(C)cc(CN)cc1C. The van der Waals surface area contributed by atoms with Gasteiger partial charge < -0.3 is 15.2 Å². The molecule has 0 atom stereocenters. The molecule has 0 bridgehead atoms. The maximum absolute atomic E-state index is 6.03. The Hall–Kier alpha value is -2.00. The maximum atomic E-state index is 6.03. The molecule has 2 aromatic rings. The molecule has 0 saturated carbocycles. The molecule has 0 aliphatic rings. The molecule has 0 heterocycles. The van der Waals surface area contributed by atoms with Crippen LogP contribution < -0.4 is 15.2 Å². The van der Waals surface area contributed by atoms with E-state index < -0.39 is 0 Å². The van der Waals surface area contributed by atoms with Gasteiger partial charge in [0.25, 0.3) is 0 Å². The van der Waals surface area contributed by atoms with Gasteiger partial charge in [0.2, 0.25) is 0 Å². The first-order chi connectivity index (χ1) is 10.0. The third kappa shape index (κ3) is 3.56. The second kappa shape index (κ2) is 6.64. The van der Waals surface area contributed by atoms with Crippen molar-refractivity contribution in [1.82, 2.24) is 0 Å². The number of hydrogen-bond donors (Lipinski definition) is 1. The first-order valence-corrected chi connectivity index (χ1v) is 7.11. The van der Waals surface area contributed by atoms with Gasteiger partial charge in [0, 0.05) is 12.1 Å². The number of ether oxygens (including phenoxy) is 2. The fourth-order valence-corrected chi connectivity index (χ4v) is 2.56. The van der Waals surface area contributed by atoms with Crippen molar-refractivity contribution in [2.75, 3.05) is 7.11 Å². The molecule has 3 heteroatoms. The quantitative estimate of drug-likeness (QED) is 0.912. The highest BCUT2D eigenvalue weighted by Gasteiger charge is 2.09. The number of methoxy groups -OCH3 is 1. The summed E-state index contributed by atoms with van der Waals surface area (Å²) in [4.78, 5) is 0. The Balaban J connectivity index is 2.22. The van der Waals surface area contributed by atoms with E-state index in [9.17, 15) is 0 Å². The predicted octanol–water partition coefficient (Wildman–Crippen LogP) is 3.66. The summed E-state index contributed by atoms with van der Waals surface area (Å²) in [5.74, 6) is 1.78. The molecular formula is C18H23NO2. The van der Waals surface area contributed by atoms with E-state index in [2.05, 4.69) is 39.0 Å². The summed E-state index contributed by atoms with van der Waals surface area (Å²) >= 11 is 0. The van der Waals surface area contributed by atoms with E-state index >= 15 is 0 Å². The Kier molecular flexibility index (Phi) is 4.86. The van der Waals surface area contributed by atoms with Crippen molar-refractivity contribution in [3.63, 3.8) is 0 Å². The van der Waals surface area contributed by atoms with Crippen LogP contribution in [-0.2, 0) is 13.2 Å². The van der Waals surface area contributed by atoms with E-state index in [-0.39, 0.29) is 0 Å². The second-order valence-corrected chi connectivity index (χ2v) is 5.37. The van der Waals surface area contributed by atoms with Gasteiger partial charge in [-0.05, 0) is 49.6 Å². The van der Waals surface area contributed by atoms with E-state index in [1.165, 1.54) is 5.56 Å². The Labute approximate surface area is 126 Å². The lowest BCUT2D eigenvalue weighted by Gasteiger charge is -2.15. The highest BCUT2D eigenvalue weighted by atomic mass is 16.5. The average molecular weight is 285 g/mol. The van der Waals surface area contributed by atoms with Crippen LogP contribution in [0, 0.1) is 20.8 Å². The lowest BCUT2D eigenvalue weighted by Crippen LogP contribution is -2.03. The third-order valence-corrected chi connectivity index (χ3v) is 3.56. The zero-order chi connectivity index (χ0) is 15.4. The van der Waals surface area contributed by atoms with E-state index in [4.69, 9.17) is 15.2 Å². The molecule has 0 saturated heterocycles. The van der Waals surface area contributed by atoms with Crippen LogP contribution in [-0.4, -0.2) is 7.11 Å². The summed E-state index contributed by atoms with van der Waals surface area (Å²) in [6.07, 6.45) is 0. The van der Waals surface area contributed by atoms with Gasteiger partial charge in [-0.2, -0.15) is 0 Å². The van der Waals surface area contributed by atoms with Crippen molar-refractivity contribution in [3.8, 4) is 11.5 Å². The van der Waals surface area contributed by atoms with Crippen LogP contribution in [0.5, 0.6) is 11.5 Å². The molecule has 2 rings (SSSR count). The van der Waals surface area contributed by atoms with Crippen molar-refractivity contribution < 1.29 is 9.47 Å². The Morgan fingerprint density at radius 2 is 1.67 bits per heavy atom. The molecule has 0 amide bonds. The molecule has 21 heavy (non-hydrogen) atoms. The minimum absolute atomic E-state index is 0.495. The maximum Gasteiger partial charge on any atom is 0.125 e. The molecule has 0 unspecified atom stereocenters. The van der Waals surface area contributed by atoms with Crippen LogP contribution in [0.4, 0.5) is 0 Å². The van der Waals surface area contributed by atoms with Crippen LogP contribution in [0.25, 0.3) is 0 Å². The molecule has 112 valence electrons. The van der Waals surface area contributed by atoms with E-state index in [1.54, 1.807) is 7.11 Å². The molecule has 2 N–H and O–H groups in total. The number of benzene rings is 2. The van der Waals surface area contributed by atoms with Crippen LogP contribution in [0.15, 0.2) is 30.3 Å². The molecule has 0 spiro atoms. The summed E-state index contributed by atoms with van der Waals surface area (Å²) in [5, 5.41) is 0. The molecular weight excluding hydrogens is 262 g/mol. The zero-order valence-electron chi connectivity index (χ0n) is 13.2. The molecule has 0 fully saturated rings. The summed E-state index contributed by atoms with van der Waals surface area (Å²) < 4.78 is 11.4. The number of rotatable bonds is 5. The summed E-state index contributed by atoms with van der Waals surface area (Å²) in [7, 11) is 1.68. The van der Waals surface area contributed by atoms with Crippen LogP contribution in [0.1, 0.15) is 27.8 Å². The fraction of sp³-hybridized carbons (Fsp3) is 0.333. The lowest BCUT2D eigenvalue weighted by atomic mass is 10.1. The lowest BCUT2D eigenvalue weighted by molar-refractivity contribution is 0.292. The van der Waals surface area contributed by atoms with Crippen molar-refractivity contribution >= 4 is 0 Å². The normalized spacial score (nSPS) is 10.5. The van der Waals surface area contributed by atoms with Gasteiger partial charge in [0.15, 0.2) is 0 Å². The van der Waals surface area contributed by atoms with Gasteiger partial charge in [-0.1, -0.05) is 23.8 Å². The summed E-state index contributed by atoms with van der Waals surface area (Å²) in [6.45, 7) is 7.21. The van der Waals surface area contributed by atoms with Gasteiger partial charge >= 0.3 is 0 Å². The molecule has 0 aliphatic heterocycles. The van der Waals surface area contributed by atoms with E-state index in [0.717, 1.165) is 33.8 Å². The average Bonchev–Trinajstić information content (AvgIpc) is 2.46. The molecule has 2 aromatic carbocycles. The highest BCUT2D eigenvalue weighted by Crippen LogP contribution is 2.27. The van der Waals surface area contributed by atoms with Crippen LogP contribution >= 0.6 is 0 Å². The van der Waals surface area contributed by atoms with Crippen LogP contribution in [0.2, 0.25) is 0 Å². The van der Waals surface area contributed by atoms with Gasteiger partial charge in [0.05, 0.1) is 7.11 Å². The topological polar surface area (TPSA) is 44.5 Å². The Morgan fingerprint density at radius 3 is 2.24 bits per heavy atom. The monoisotopic (exact) mass is 285 g/mol. The van der Waals surface area contributed by atoms with E-state index in [1.807, 2.05) is 12.1 Å². The number of nitrogens with two attached hydrogens (primary N) is 1. The first-order valence-electron chi connectivity index (χ1n) is 7.11. The van der Waals surface area contributed by atoms with Gasteiger partial charge in [-0.3, -0.25) is 0 Å².